The molecule has 8 heteroatoms. The first-order valence-electron chi connectivity index (χ1n) is 14.1. The highest BCUT2D eigenvalue weighted by Crippen LogP contribution is 2.61. The van der Waals surface area contributed by atoms with Crippen LogP contribution in [0.4, 0.5) is 0 Å². The number of carboxylic acids is 1. The van der Waals surface area contributed by atoms with Crippen LogP contribution >= 0.6 is 15.9 Å². The topological polar surface area (TPSA) is 97.8 Å². The SMILES string of the molecule is COc1cccc(OC)c1C1CC2(C(=O)O)CCC1(NC(=O)c1c(C)c(-c3ccccc3)nc3ccc(Br)cc13)CC2. The van der Waals surface area contributed by atoms with Crippen molar-refractivity contribution in [1.82, 2.24) is 10.3 Å². The minimum Gasteiger partial charge on any atom is -0.496 e. The molecule has 3 aliphatic rings. The van der Waals surface area contributed by atoms with Crippen molar-refractivity contribution in [2.24, 2.45) is 5.41 Å². The number of pyridine rings is 1. The molecular formula is C34H33BrN2O5. The summed E-state index contributed by atoms with van der Waals surface area (Å²) in [6.45, 7) is 1.94. The lowest BCUT2D eigenvalue weighted by Crippen LogP contribution is -2.62. The van der Waals surface area contributed by atoms with Crippen molar-refractivity contribution in [3.8, 4) is 22.8 Å². The van der Waals surface area contributed by atoms with Crippen LogP contribution in [-0.4, -0.2) is 41.7 Å². The fraction of sp³-hybridized carbons (Fsp3) is 0.324. The number of halogens is 1. The van der Waals surface area contributed by atoms with Crippen molar-refractivity contribution >= 4 is 38.7 Å². The molecule has 2 N–H and O–H groups in total. The average Bonchev–Trinajstić information content (AvgIpc) is 3.01. The standard InChI is InChI=1S/C34H33BrN2O5/c1-20-28(23-18-22(35)12-13-25(23)36-30(20)21-8-5-4-6-9-21)31(38)37-34-16-14-33(15-17-34,32(39)40)19-24(34)29-26(41-2)10-7-11-27(29)42-3/h4-13,18,24H,14-17,19H2,1-3H3,(H,37,38)(H,39,40). The summed E-state index contributed by atoms with van der Waals surface area (Å²) in [7, 11) is 3.21. The predicted octanol–water partition coefficient (Wildman–Crippen LogP) is 7.29. The molecule has 3 aromatic carbocycles. The van der Waals surface area contributed by atoms with Gasteiger partial charge in [-0.25, -0.2) is 4.98 Å². The van der Waals surface area contributed by atoms with Gasteiger partial charge in [0, 0.05) is 32.4 Å². The lowest BCUT2D eigenvalue weighted by Gasteiger charge is -2.56. The van der Waals surface area contributed by atoms with E-state index in [1.54, 1.807) is 14.2 Å². The second-order valence-electron chi connectivity index (χ2n) is 11.5. The average molecular weight is 630 g/mol. The Hall–Kier alpha value is -3.91. The summed E-state index contributed by atoms with van der Waals surface area (Å²) in [6.07, 6.45) is 2.44. The minimum absolute atomic E-state index is 0.196. The third kappa shape index (κ3) is 4.53. The van der Waals surface area contributed by atoms with Crippen molar-refractivity contribution in [3.05, 3.63) is 87.9 Å². The van der Waals surface area contributed by atoms with E-state index >= 15 is 0 Å². The Bertz CT molecular complexity index is 1670. The van der Waals surface area contributed by atoms with E-state index in [4.69, 9.17) is 14.5 Å². The Morgan fingerprint density at radius 2 is 1.62 bits per heavy atom. The number of rotatable bonds is 7. The van der Waals surface area contributed by atoms with Gasteiger partial charge in [0.1, 0.15) is 11.5 Å². The van der Waals surface area contributed by atoms with Gasteiger partial charge in [-0.15, -0.1) is 0 Å². The van der Waals surface area contributed by atoms with Gasteiger partial charge in [-0.1, -0.05) is 52.3 Å². The van der Waals surface area contributed by atoms with E-state index in [0.717, 1.165) is 37.8 Å². The molecule has 216 valence electrons. The molecule has 0 spiro atoms. The summed E-state index contributed by atoms with van der Waals surface area (Å²) in [6, 6.07) is 21.3. The van der Waals surface area contributed by atoms with E-state index in [1.807, 2.05) is 73.7 Å². The number of hydrogen-bond acceptors (Lipinski definition) is 5. The number of aliphatic carboxylic acids is 1. The van der Waals surface area contributed by atoms with Crippen molar-refractivity contribution in [1.29, 1.82) is 0 Å². The predicted molar refractivity (Wildman–Crippen MR) is 165 cm³/mol. The number of fused-ring (bicyclic) bond motifs is 4. The van der Waals surface area contributed by atoms with Crippen LogP contribution in [0.3, 0.4) is 0 Å². The number of nitrogens with zero attached hydrogens (tertiary/aromatic N) is 1. The van der Waals surface area contributed by atoms with E-state index in [1.165, 1.54) is 0 Å². The highest BCUT2D eigenvalue weighted by atomic mass is 79.9. The van der Waals surface area contributed by atoms with Crippen molar-refractivity contribution in [2.75, 3.05) is 14.2 Å². The Morgan fingerprint density at radius 3 is 2.24 bits per heavy atom. The molecule has 1 amide bonds. The lowest BCUT2D eigenvalue weighted by atomic mass is 9.51. The van der Waals surface area contributed by atoms with Gasteiger partial charge in [0.2, 0.25) is 0 Å². The molecule has 42 heavy (non-hydrogen) atoms. The number of carboxylic acid groups (broad SMARTS) is 1. The summed E-state index contributed by atoms with van der Waals surface area (Å²) < 4.78 is 12.4. The van der Waals surface area contributed by atoms with Gasteiger partial charge in [0.15, 0.2) is 0 Å². The van der Waals surface area contributed by atoms with Crippen LogP contribution in [0.25, 0.3) is 22.2 Å². The maximum atomic E-state index is 14.6. The molecule has 3 aliphatic carbocycles. The van der Waals surface area contributed by atoms with Crippen LogP contribution in [0, 0.1) is 12.3 Å². The third-order valence-corrected chi connectivity index (χ3v) is 9.95. The molecule has 2 bridgehead atoms. The lowest BCUT2D eigenvalue weighted by molar-refractivity contribution is -0.157. The molecule has 1 atom stereocenters. The van der Waals surface area contributed by atoms with Gasteiger partial charge in [-0.2, -0.15) is 0 Å². The van der Waals surface area contributed by atoms with Crippen LogP contribution in [0.2, 0.25) is 0 Å². The third-order valence-electron chi connectivity index (χ3n) is 9.46. The van der Waals surface area contributed by atoms with Crippen molar-refractivity contribution < 1.29 is 24.2 Å². The van der Waals surface area contributed by atoms with Crippen LogP contribution < -0.4 is 14.8 Å². The number of ether oxygens (including phenoxy) is 2. The Morgan fingerprint density at radius 1 is 0.952 bits per heavy atom. The summed E-state index contributed by atoms with van der Waals surface area (Å²) >= 11 is 3.58. The van der Waals surface area contributed by atoms with Crippen molar-refractivity contribution in [3.63, 3.8) is 0 Å². The Labute approximate surface area is 253 Å². The molecule has 1 aromatic heterocycles. The van der Waals surface area contributed by atoms with Crippen LogP contribution in [0.5, 0.6) is 11.5 Å². The number of carbonyl (C=O) groups is 2. The molecule has 7 rings (SSSR count). The van der Waals surface area contributed by atoms with Gasteiger partial charge < -0.3 is 19.9 Å². The number of nitrogens with one attached hydrogen (secondary N) is 1. The molecule has 0 radical (unpaired) electrons. The first kappa shape index (κ1) is 28.2. The van der Waals surface area contributed by atoms with Gasteiger partial charge in [0.25, 0.3) is 5.91 Å². The molecule has 3 fully saturated rings. The van der Waals surface area contributed by atoms with Crippen LogP contribution in [0.15, 0.2) is 71.2 Å². The minimum atomic E-state index is -0.854. The zero-order chi connectivity index (χ0) is 29.6. The van der Waals surface area contributed by atoms with E-state index < -0.39 is 16.9 Å². The molecule has 1 heterocycles. The number of amides is 1. The van der Waals surface area contributed by atoms with Gasteiger partial charge in [-0.05, 0) is 74.9 Å². The van der Waals surface area contributed by atoms with E-state index in [0.29, 0.717) is 49.2 Å². The fourth-order valence-corrected chi connectivity index (χ4v) is 7.58. The molecule has 4 aromatic rings. The zero-order valence-electron chi connectivity index (χ0n) is 23.9. The van der Waals surface area contributed by atoms with Gasteiger partial charge >= 0.3 is 5.97 Å². The highest BCUT2D eigenvalue weighted by Gasteiger charge is 2.59. The molecule has 7 nitrogen and oxygen atoms in total. The number of carbonyl (C=O) groups excluding carboxylic acids is 1. The number of benzene rings is 3. The largest absolute Gasteiger partial charge is 0.496 e. The van der Waals surface area contributed by atoms with E-state index in [2.05, 4.69) is 21.2 Å². The van der Waals surface area contributed by atoms with Crippen LogP contribution in [-0.2, 0) is 4.79 Å². The molecule has 0 saturated heterocycles. The maximum Gasteiger partial charge on any atom is 0.309 e. The van der Waals surface area contributed by atoms with E-state index in [-0.39, 0.29) is 11.8 Å². The number of hydrogen-bond donors (Lipinski definition) is 2. The summed E-state index contributed by atoms with van der Waals surface area (Å²) in [5.74, 6) is -0.0447. The molecular weight excluding hydrogens is 596 g/mol. The molecule has 1 unspecified atom stereocenters. The molecule has 0 aliphatic heterocycles. The zero-order valence-corrected chi connectivity index (χ0v) is 25.5. The van der Waals surface area contributed by atoms with Gasteiger partial charge in [0.05, 0.1) is 36.4 Å². The first-order chi connectivity index (χ1) is 20.2. The summed E-state index contributed by atoms with van der Waals surface area (Å²) in [4.78, 5) is 32.1. The normalized spacial score (nSPS) is 23.0. The smallest absolute Gasteiger partial charge is 0.309 e. The Kier molecular flexibility index (Phi) is 7.21. The fourth-order valence-electron chi connectivity index (χ4n) is 7.22. The van der Waals surface area contributed by atoms with Crippen molar-refractivity contribution in [2.45, 2.75) is 50.5 Å². The Balaban J connectivity index is 1.50. The maximum absolute atomic E-state index is 14.6. The summed E-state index contributed by atoms with van der Waals surface area (Å²) in [5, 5.41) is 14.6. The number of methoxy groups -OCH3 is 2. The number of aromatic nitrogens is 1. The monoisotopic (exact) mass is 628 g/mol. The molecule has 3 saturated carbocycles. The highest BCUT2D eigenvalue weighted by molar-refractivity contribution is 9.10. The second kappa shape index (κ2) is 10.7. The van der Waals surface area contributed by atoms with Crippen LogP contribution in [0.1, 0.15) is 59.5 Å². The first-order valence-corrected chi connectivity index (χ1v) is 14.9. The quantitative estimate of drug-likeness (QED) is 0.223. The second-order valence-corrected chi connectivity index (χ2v) is 12.4. The van der Waals surface area contributed by atoms with E-state index in [9.17, 15) is 14.7 Å². The van der Waals surface area contributed by atoms with Gasteiger partial charge in [-0.3, -0.25) is 9.59 Å². The summed E-state index contributed by atoms with van der Waals surface area (Å²) in [5.41, 5.74) is 3.05.